The van der Waals surface area contributed by atoms with Gasteiger partial charge in [0.25, 0.3) is 11.8 Å². The van der Waals surface area contributed by atoms with Gasteiger partial charge in [0, 0.05) is 22.3 Å². The summed E-state index contributed by atoms with van der Waals surface area (Å²) in [5.41, 5.74) is 1.13. The van der Waals surface area contributed by atoms with E-state index in [1.54, 1.807) is 24.3 Å². The fourth-order valence-electron chi connectivity index (χ4n) is 2.89. The summed E-state index contributed by atoms with van der Waals surface area (Å²) in [4.78, 5) is 49.6. The minimum atomic E-state index is -0.990. The lowest BCUT2D eigenvalue weighted by molar-refractivity contribution is -0.137. The normalized spacial score (nSPS) is 14.3. The van der Waals surface area contributed by atoms with Gasteiger partial charge in [0.15, 0.2) is 6.10 Å². The fourth-order valence-corrected chi connectivity index (χ4v) is 3.01. The zero-order chi connectivity index (χ0) is 22.5. The number of hydrogen-bond acceptors (Lipinski definition) is 7. The van der Waals surface area contributed by atoms with E-state index in [1.165, 1.54) is 31.2 Å². The Hall–Kier alpha value is -3.49. The van der Waals surface area contributed by atoms with Gasteiger partial charge in [-0.15, -0.1) is 0 Å². The number of ketones is 1. The Morgan fingerprint density at radius 1 is 1.06 bits per heavy atom. The number of carbonyl (C=O) groups excluding carboxylic acids is 4. The molecule has 0 aliphatic carbocycles. The van der Waals surface area contributed by atoms with Crippen molar-refractivity contribution in [2.24, 2.45) is 0 Å². The maximum Gasteiger partial charge on any atom is 0.338 e. The molecule has 1 aliphatic rings. The van der Waals surface area contributed by atoms with Gasteiger partial charge < -0.3 is 15.2 Å². The smallest absolute Gasteiger partial charge is 0.338 e. The lowest BCUT2D eigenvalue weighted by Gasteiger charge is -2.14. The van der Waals surface area contributed by atoms with E-state index in [9.17, 15) is 19.2 Å². The Balaban J connectivity index is 1.61. The van der Waals surface area contributed by atoms with Crippen molar-refractivity contribution in [3.63, 3.8) is 0 Å². The molecule has 0 saturated heterocycles. The molecular weight excluding hydrogens is 424 g/mol. The number of aliphatic hydroxyl groups is 1. The van der Waals surface area contributed by atoms with Crippen LogP contribution in [-0.2, 0) is 14.3 Å². The summed E-state index contributed by atoms with van der Waals surface area (Å²) in [6.45, 7) is 1.07. The molecule has 1 heterocycles. The standard InChI is InChI=1S/C22H19ClN2O6/c1-13(20(28)14-2-6-16(23)7-3-14)31-22(30)15-4-8-17(9-5-15)24-18-12-19(27)25(10-11-26)21(18)29/h2-9,12-13,24,26H,10-11H2,1H3. The number of hydrogen-bond donors (Lipinski definition) is 2. The van der Waals surface area contributed by atoms with Gasteiger partial charge >= 0.3 is 5.97 Å². The van der Waals surface area contributed by atoms with Crippen LogP contribution in [0.1, 0.15) is 27.6 Å². The molecule has 31 heavy (non-hydrogen) atoms. The number of nitrogens with one attached hydrogen (secondary N) is 1. The molecule has 1 aliphatic heterocycles. The molecule has 2 amide bonds. The van der Waals surface area contributed by atoms with Gasteiger partial charge in [-0.2, -0.15) is 0 Å². The molecule has 0 saturated carbocycles. The Morgan fingerprint density at radius 3 is 2.29 bits per heavy atom. The predicted octanol–water partition coefficient (Wildman–Crippen LogP) is 2.43. The van der Waals surface area contributed by atoms with E-state index in [-0.39, 0.29) is 30.2 Å². The van der Waals surface area contributed by atoms with Gasteiger partial charge in [-0.05, 0) is 55.5 Å². The van der Waals surface area contributed by atoms with Crippen molar-refractivity contribution in [3.05, 3.63) is 76.5 Å². The quantitative estimate of drug-likeness (QED) is 0.366. The Bertz CT molecular complexity index is 1050. The van der Waals surface area contributed by atoms with Crippen LogP contribution in [0.5, 0.6) is 0 Å². The number of nitrogens with zero attached hydrogens (tertiary/aromatic N) is 1. The second-order valence-electron chi connectivity index (χ2n) is 6.70. The third kappa shape index (κ3) is 5.17. The zero-order valence-corrected chi connectivity index (χ0v) is 17.3. The van der Waals surface area contributed by atoms with Crippen molar-refractivity contribution in [2.75, 3.05) is 18.5 Å². The van der Waals surface area contributed by atoms with E-state index in [1.807, 2.05) is 0 Å². The number of β-amino-alcohol motifs (C(OH)–C–C–N with tert-alkyl or cyclic N) is 1. The first-order valence-electron chi connectivity index (χ1n) is 9.36. The summed E-state index contributed by atoms with van der Waals surface area (Å²) >= 11 is 5.81. The molecule has 2 aromatic rings. The van der Waals surface area contributed by atoms with Crippen molar-refractivity contribution < 1.29 is 29.0 Å². The molecule has 8 nitrogen and oxygen atoms in total. The van der Waals surface area contributed by atoms with Crippen LogP contribution in [0.2, 0.25) is 5.02 Å². The maximum absolute atomic E-state index is 12.4. The lowest BCUT2D eigenvalue weighted by Crippen LogP contribution is -2.34. The first kappa shape index (κ1) is 22.2. The number of esters is 1. The number of imide groups is 1. The van der Waals surface area contributed by atoms with E-state index >= 15 is 0 Å². The molecule has 3 rings (SSSR count). The monoisotopic (exact) mass is 442 g/mol. The van der Waals surface area contributed by atoms with Gasteiger partial charge in [0.1, 0.15) is 5.70 Å². The van der Waals surface area contributed by atoms with Crippen LogP contribution in [0.4, 0.5) is 5.69 Å². The number of amides is 2. The van der Waals surface area contributed by atoms with Crippen molar-refractivity contribution in [2.45, 2.75) is 13.0 Å². The molecule has 0 fully saturated rings. The maximum atomic E-state index is 12.4. The van der Waals surface area contributed by atoms with Crippen molar-refractivity contribution in [1.29, 1.82) is 0 Å². The lowest BCUT2D eigenvalue weighted by atomic mass is 10.1. The van der Waals surface area contributed by atoms with Crippen LogP contribution >= 0.6 is 11.6 Å². The second kappa shape index (κ2) is 9.55. The fraction of sp³-hybridized carbons (Fsp3) is 0.182. The minimum Gasteiger partial charge on any atom is -0.451 e. The Labute approximate surface area is 183 Å². The Kier molecular flexibility index (Phi) is 6.84. The highest BCUT2D eigenvalue weighted by Gasteiger charge is 2.30. The molecule has 0 bridgehead atoms. The molecule has 160 valence electrons. The van der Waals surface area contributed by atoms with Gasteiger partial charge in [-0.25, -0.2) is 4.79 Å². The Morgan fingerprint density at radius 2 is 1.68 bits per heavy atom. The number of rotatable bonds is 8. The van der Waals surface area contributed by atoms with Crippen LogP contribution in [0.3, 0.4) is 0 Å². The van der Waals surface area contributed by atoms with Crippen LogP contribution < -0.4 is 5.32 Å². The number of ether oxygens (including phenoxy) is 1. The molecule has 0 radical (unpaired) electrons. The highest BCUT2D eigenvalue weighted by Crippen LogP contribution is 2.19. The first-order chi connectivity index (χ1) is 14.8. The van der Waals surface area contributed by atoms with Gasteiger partial charge in [0.05, 0.1) is 18.7 Å². The van der Waals surface area contributed by atoms with Crippen LogP contribution in [-0.4, -0.2) is 52.8 Å². The number of anilines is 1. The SMILES string of the molecule is CC(OC(=O)c1ccc(NC2=CC(=O)N(CCO)C2=O)cc1)C(=O)c1ccc(Cl)cc1. The molecule has 0 aromatic heterocycles. The number of carbonyl (C=O) groups is 4. The molecular formula is C22H19ClN2O6. The van der Waals surface area contributed by atoms with Crippen molar-refractivity contribution in [3.8, 4) is 0 Å². The van der Waals surface area contributed by atoms with E-state index in [2.05, 4.69) is 5.32 Å². The molecule has 2 aromatic carbocycles. The van der Waals surface area contributed by atoms with Crippen LogP contribution in [0.15, 0.2) is 60.3 Å². The second-order valence-corrected chi connectivity index (χ2v) is 7.13. The number of aliphatic hydroxyl groups excluding tert-OH is 1. The molecule has 0 spiro atoms. The molecule has 9 heteroatoms. The zero-order valence-electron chi connectivity index (χ0n) is 16.5. The van der Waals surface area contributed by atoms with E-state index in [0.29, 0.717) is 16.3 Å². The van der Waals surface area contributed by atoms with E-state index < -0.39 is 23.9 Å². The molecule has 2 N–H and O–H groups in total. The van der Waals surface area contributed by atoms with Crippen molar-refractivity contribution in [1.82, 2.24) is 4.90 Å². The van der Waals surface area contributed by atoms with Gasteiger partial charge in [-0.1, -0.05) is 11.6 Å². The largest absolute Gasteiger partial charge is 0.451 e. The summed E-state index contributed by atoms with van der Waals surface area (Å²) < 4.78 is 5.25. The van der Waals surface area contributed by atoms with Gasteiger partial charge in [-0.3, -0.25) is 19.3 Å². The third-order valence-electron chi connectivity index (χ3n) is 4.51. The number of Topliss-reactive ketones (excluding diaryl/α,β-unsaturated/α-hetero) is 1. The van der Waals surface area contributed by atoms with E-state index in [4.69, 9.17) is 21.4 Å². The number of benzene rings is 2. The summed E-state index contributed by atoms with van der Waals surface area (Å²) in [6.07, 6.45) is 0.154. The average molecular weight is 443 g/mol. The summed E-state index contributed by atoms with van der Waals surface area (Å²) in [5, 5.41) is 12.2. The molecule has 1 unspecified atom stereocenters. The third-order valence-corrected chi connectivity index (χ3v) is 4.77. The molecule has 1 atom stereocenters. The summed E-state index contributed by atoms with van der Waals surface area (Å²) in [5.74, 6) is -2.09. The van der Waals surface area contributed by atoms with E-state index in [0.717, 1.165) is 11.0 Å². The minimum absolute atomic E-state index is 0.0657. The van der Waals surface area contributed by atoms with Crippen molar-refractivity contribution >= 4 is 40.9 Å². The highest BCUT2D eigenvalue weighted by molar-refractivity contribution is 6.30. The number of halogens is 1. The van der Waals surface area contributed by atoms with Crippen LogP contribution in [0.25, 0.3) is 0 Å². The summed E-state index contributed by atoms with van der Waals surface area (Å²) in [7, 11) is 0. The van der Waals surface area contributed by atoms with Gasteiger partial charge in [0.2, 0.25) is 5.78 Å². The average Bonchev–Trinajstić information content (AvgIpc) is 3.02. The topological polar surface area (TPSA) is 113 Å². The predicted molar refractivity (Wildman–Crippen MR) is 113 cm³/mol. The van der Waals surface area contributed by atoms with Crippen LogP contribution in [0, 0.1) is 0 Å². The highest BCUT2D eigenvalue weighted by atomic mass is 35.5. The summed E-state index contributed by atoms with van der Waals surface area (Å²) in [6, 6.07) is 12.3. The first-order valence-corrected chi connectivity index (χ1v) is 9.74.